The van der Waals surface area contributed by atoms with E-state index in [0.29, 0.717) is 11.8 Å². The zero-order chi connectivity index (χ0) is 17.1. The van der Waals surface area contributed by atoms with Gasteiger partial charge in [-0.25, -0.2) is 15.0 Å². The van der Waals surface area contributed by atoms with Gasteiger partial charge in [0.15, 0.2) is 0 Å². The molecule has 0 bridgehead atoms. The van der Waals surface area contributed by atoms with Crippen LogP contribution >= 0.6 is 11.3 Å². The van der Waals surface area contributed by atoms with Crippen molar-refractivity contribution in [2.45, 2.75) is 52.0 Å². The van der Waals surface area contributed by atoms with E-state index < -0.39 is 0 Å². The summed E-state index contributed by atoms with van der Waals surface area (Å²) in [6.07, 6.45) is 2.42. The van der Waals surface area contributed by atoms with E-state index in [1.807, 2.05) is 6.92 Å². The summed E-state index contributed by atoms with van der Waals surface area (Å²) in [5.41, 5.74) is 2.28. The molecule has 0 aliphatic carbocycles. The van der Waals surface area contributed by atoms with Crippen molar-refractivity contribution in [2.75, 3.05) is 25.0 Å². The number of aryl methyl sites for hydroxylation is 1. The van der Waals surface area contributed by atoms with Gasteiger partial charge < -0.3 is 10.2 Å². The Balaban J connectivity index is 1.75. The van der Waals surface area contributed by atoms with Crippen LogP contribution in [0.2, 0.25) is 0 Å². The van der Waals surface area contributed by atoms with Crippen molar-refractivity contribution in [3.8, 4) is 0 Å². The van der Waals surface area contributed by atoms with E-state index in [-0.39, 0.29) is 0 Å². The zero-order valence-corrected chi connectivity index (χ0v) is 15.9. The van der Waals surface area contributed by atoms with E-state index in [0.717, 1.165) is 42.7 Å². The lowest BCUT2D eigenvalue weighted by molar-refractivity contribution is 0.453. The second kappa shape index (κ2) is 7.57. The third kappa shape index (κ3) is 4.11. The Labute approximate surface area is 148 Å². The quantitative estimate of drug-likeness (QED) is 0.899. The zero-order valence-electron chi connectivity index (χ0n) is 15.0. The Morgan fingerprint density at radius 3 is 2.83 bits per heavy atom. The number of nitrogens with one attached hydrogen (secondary N) is 1. The molecular weight excluding hydrogens is 318 g/mol. The first kappa shape index (κ1) is 17.3. The van der Waals surface area contributed by atoms with E-state index in [9.17, 15) is 0 Å². The van der Waals surface area contributed by atoms with Crippen LogP contribution in [-0.2, 0) is 6.54 Å². The van der Waals surface area contributed by atoms with Crippen LogP contribution in [0.25, 0.3) is 0 Å². The van der Waals surface area contributed by atoms with Crippen LogP contribution in [0.5, 0.6) is 0 Å². The van der Waals surface area contributed by atoms with E-state index in [1.165, 1.54) is 17.8 Å². The Morgan fingerprint density at radius 2 is 2.17 bits per heavy atom. The number of piperidine rings is 1. The van der Waals surface area contributed by atoms with Crippen LogP contribution in [0.1, 0.15) is 60.7 Å². The third-order valence-electron chi connectivity index (χ3n) is 4.41. The van der Waals surface area contributed by atoms with Gasteiger partial charge in [-0.3, -0.25) is 0 Å². The molecule has 0 spiro atoms. The number of hydrogen-bond acceptors (Lipinski definition) is 6. The average molecular weight is 346 g/mol. The lowest BCUT2D eigenvalue weighted by Gasteiger charge is -2.24. The molecule has 1 saturated heterocycles. The van der Waals surface area contributed by atoms with Crippen LogP contribution in [0, 0.1) is 6.92 Å². The molecule has 1 aliphatic rings. The fraction of sp³-hybridized carbons (Fsp3) is 0.611. The molecule has 6 heteroatoms. The minimum Gasteiger partial charge on any atom is -0.354 e. The number of rotatable bonds is 5. The lowest BCUT2D eigenvalue weighted by Crippen LogP contribution is -2.29. The summed E-state index contributed by atoms with van der Waals surface area (Å²) in [4.78, 5) is 16.2. The van der Waals surface area contributed by atoms with Gasteiger partial charge in [0.05, 0.1) is 22.9 Å². The molecule has 1 atom stereocenters. The fourth-order valence-electron chi connectivity index (χ4n) is 3.07. The summed E-state index contributed by atoms with van der Waals surface area (Å²) < 4.78 is 0. The second-order valence-corrected chi connectivity index (χ2v) is 7.82. The molecule has 3 heterocycles. The Morgan fingerprint density at radius 1 is 1.33 bits per heavy atom. The predicted molar refractivity (Wildman–Crippen MR) is 99.9 cm³/mol. The third-order valence-corrected chi connectivity index (χ3v) is 5.61. The van der Waals surface area contributed by atoms with Crippen LogP contribution in [0.4, 0.5) is 5.82 Å². The normalized spacial score (nSPS) is 18.1. The maximum absolute atomic E-state index is 4.73. The molecule has 24 heavy (non-hydrogen) atoms. The van der Waals surface area contributed by atoms with E-state index in [1.54, 1.807) is 11.3 Å². The molecule has 1 fully saturated rings. The highest BCUT2D eigenvalue weighted by atomic mass is 32.1. The highest BCUT2D eigenvalue weighted by Crippen LogP contribution is 2.25. The van der Waals surface area contributed by atoms with Gasteiger partial charge in [0.2, 0.25) is 0 Å². The molecule has 1 aliphatic heterocycles. The van der Waals surface area contributed by atoms with Crippen molar-refractivity contribution in [3.05, 3.63) is 33.7 Å². The first-order valence-corrected chi connectivity index (χ1v) is 9.62. The van der Waals surface area contributed by atoms with E-state index >= 15 is 0 Å². The molecule has 2 aromatic heterocycles. The smallest absolute Gasteiger partial charge is 0.132 e. The molecule has 0 amide bonds. The molecular formula is C18H27N5S. The highest BCUT2D eigenvalue weighted by Gasteiger charge is 2.19. The topological polar surface area (TPSA) is 53.9 Å². The maximum atomic E-state index is 4.73. The monoisotopic (exact) mass is 345 g/mol. The Hall–Kier alpha value is -1.53. The predicted octanol–water partition coefficient (Wildman–Crippen LogP) is 3.47. The number of anilines is 1. The van der Waals surface area contributed by atoms with Gasteiger partial charge in [0.25, 0.3) is 0 Å². The number of thiazole rings is 1. The molecule has 0 saturated carbocycles. The summed E-state index contributed by atoms with van der Waals surface area (Å²) in [6.45, 7) is 9.27. The first-order chi connectivity index (χ1) is 11.5. The van der Waals surface area contributed by atoms with Crippen molar-refractivity contribution in [3.63, 3.8) is 0 Å². The van der Waals surface area contributed by atoms with Crippen LogP contribution in [0.3, 0.4) is 0 Å². The van der Waals surface area contributed by atoms with Gasteiger partial charge in [-0.15, -0.1) is 11.3 Å². The average Bonchev–Trinajstić information content (AvgIpc) is 3.04. The van der Waals surface area contributed by atoms with E-state index in [2.05, 4.69) is 52.5 Å². The largest absolute Gasteiger partial charge is 0.354 e. The van der Waals surface area contributed by atoms with E-state index in [4.69, 9.17) is 4.98 Å². The van der Waals surface area contributed by atoms with Gasteiger partial charge in [0, 0.05) is 36.9 Å². The summed E-state index contributed by atoms with van der Waals surface area (Å²) in [5.74, 6) is 2.82. The van der Waals surface area contributed by atoms with Crippen molar-refractivity contribution in [2.24, 2.45) is 0 Å². The van der Waals surface area contributed by atoms with Gasteiger partial charge >= 0.3 is 0 Å². The van der Waals surface area contributed by atoms with Gasteiger partial charge in [0.1, 0.15) is 11.6 Å². The summed E-state index contributed by atoms with van der Waals surface area (Å²) in [6, 6.07) is 2.15. The molecule has 130 valence electrons. The standard InChI is InChI=1S/C18H27N5S/c1-12(2)18-22-15(11-24-18)10-23(4)17-8-16(20-13(3)21-17)14-6-5-7-19-9-14/h8,11-12,14,19H,5-7,9-10H2,1-4H3. The van der Waals surface area contributed by atoms with Crippen molar-refractivity contribution < 1.29 is 0 Å². The molecule has 2 aromatic rings. The van der Waals surface area contributed by atoms with Gasteiger partial charge in [-0.05, 0) is 26.3 Å². The second-order valence-electron chi connectivity index (χ2n) is 6.93. The number of hydrogen-bond donors (Lipinski definition) is 1. The summed E-state index contributed by atoms with van der Waals surface area (Å²) >= 11 is 1.75. The highest BCUT2D eigenvalue weighted by molar-refractivity contribution is 7.09. The first-order valence-electron chi connectivity index (χ1n) is 8.74. The van der Waals surface area contributed by atoms with Crippen molar-refractivity contribution in [1.29, 1.82) is 0 Å². The summed E-state index contributed by atoms with van der Waals surface area (Å²) in [5, 5.41) is 6.83. The minimum absolute atomic E-state index is 0.487. The molecule has 1 N–H and O–H groups in total. The molecule has 0 aromatic carbocycles. The Kier molecular flexibility index (Phi) is 5.46. The van der Waals surface area contributed by atoms with Crippen molar-refractivity contribution >= 4 is 17.2 Å². The number of aromatic nitrogens is 3. The lowest BCUT2D eigenvalue weighted by atomic mass is 9.96. The minimum atomic E-state index is 0.487. The molecule has 1 unspecified atom stereocenters. The maximum Gasteiger partial charge on any atom is 0.132 e. The molecule has 0 radical (unpaired) electrons. The Bertz CT molecular complexity index is 676. The summed E-state index contributed by atoms with van der Waals surface area (Å²) in [7, 11) is 2.08. The SMILES string of the molecule is Cc1nc(C2CCCNC2)cc(N(C)Cc2csc(C(C)C)n2)n1. The fourth-order valence-corrected chi connectivity index (χ4v) is 3.89. The van der Waals surface area contributed by atoms with Gasteiger partial charge in [-0.2, -0.15) is 0 Å². The molecule has 3 rings (SSSR count). The van der Waals surface area contributed by atoms with Crippen LogP contribution in [0.15, 0.2) is 11.4 Å². The molecule has 5 nitrogen and oxygen atoms in total. The number of nitrogens with zero attached hydrogens (tertiary/aromatic N) is 4. The van der Waals surface area contributed by atoms with Crippen LogP contribution in [-0.4, -0.2) is 35.1 Å². The van der Waals surface area contributed by atoms with Crippen LogP contribution < -0.4 is 10.2 Å². The van der Waals surface area contributed by atoms with Crippen molar-refractivity contribution in [1.82, 2.24) is 20.3 Å². The van der Waals surface area contributed by atoms with Gasteiger partial charge in [-0.1, -0.05) is 13.8 Å².